The molecule has 0 amide bonds. The summed E-state index contributed by atoms with van der Waals surface area (Å²) in [6, 6.07) is 21.0. The highest BCUT2D eigenvalue weighted by Crippen LogP contribution is 2.29. The molecule has 0 bridgehead atoms. The van der Waals surface area contributed by atoms with Gasteiger partial charge in [-0.1, -0.05) is 29.3 Å². The highest BCUT2D eigenvalue weighted by Gasteiger charge is 2.20. The maximum Gasteiger partial charge on any atom is 0.265 e. The molecule has 1 heterocycles. The van der Waals surface area contributed by atoms with Crippen molar-refractivity contribution in [3.05, 3.63) is 89.1 Å². The van der Waals surface area contributed by atoms with Crippen molar-refractivity contribution >= 4 is 50.5 Å². The lowest BCUT2D eigenvalue weighted by Gasteiger charge is -2.13. The van der Waals surface area contributed by atoms with E-state index in [-0.39, 0.29) is 10.6 Å². The summed E-state index contributed by atoms with van der Waals surface area (Å²) in [6.07, 6.45) is 0. The fourth-order valence-electron chi connectivity index (χ4n) is 3.29. The summed E-state index contributed by atoms with van der Waals surface area (Å²) in [5.41, 5.74) is 3.96. The van der Waals surface area contributed by atoms with Gasteiger partial charge in [-0.15, -0.1) is 0 Å². The minimum Gasteiger partial charge on any atom is -0.495 e. The van der Waals surface area contributed by atoms with Crippen molar-refractivity contribution in [2.24, 2.45) is 0 Å². The van der Waals surface area contributed by atoms with Crippen LogP contribution in [0.5, 0.6) is 5.75 Å². The van der Waals surface area contributed by atoms with E-state index < -0.39 is 10.0 Å². The molecule has 35 heavy (non-hydrogen) atoms. The van der Waals surface area contributed by atoms with Gasteiger partial charge in [0.1, 0.15) is 16.5 Å². The second-order valence-corrected chi connectivity index (χ2v) is 9.90. The van der Waals surface area contributed by atoms with Gasteiger partial charge in [-0.2, -0.15) is 4.98 Å². The number of hydrogen-bond donors (Lipinski definition) is 3. The summed E-state index contributed by atoms with van der Waals surface area (Å²) in [7, 11) is -2.50. The Morgan fingerprint density at radius 1 is 0.800 bits per heavy atom. The molecule has 0 radical (unpaired) electrons. The van der Waals surface area contributed by atoms with Gasteiger partial charge in [-0.25, -0.2) is 13.4 Å². The summed E-state index contributed by atoms with van der Waals surface area (Å²) in [5, 5.41) is 6.72. The smallest absolute Gasteiger partial charge is 0.265 e. The average molecular weight is 510 g/mol. The molecule has 0 aliphatic heterocycles. The number of aryl methyl sites for hydroxylation is 2. The maximum atomic E-state index is 12.9. The summed E-state index contributed by atoms with van der Waals surface area (Å²) >= 11 is 5.98. The quantitative estimate of drug-likeness (QED) is 0.266. The van der Waals surface area contributed by atoms with E-state index >= 15 is 0 Å². The molecule has 3 aromatic carbocycles. The number of halogens is 1. The highest BCUT2D eigenvalue weighted by atomic mass is 35.5. The van der Waals surface area contributed by atoms with Crippen LogP contribution in [0.4, 0.5) is 28.8 Å². The minimum absolute atomic E-state index is 0.0419. The number of ether oxygens (including phenoxy) is 1. The standard InChI is InChI=1S/C25H24ClN5O3S/c1-16-4-7-20(8-5-16)29-25-27-17(2)14-24(30-25)28-19-9-11-21(12-10-19)31-35(32,33)23-15-18(26)6-13-22(23)34-3/h4-15,31H,1-3H3,(H2,27,28,29,30). The lowest BCUT2D eigenvalue weighted by Crippen LogP contribution is -2.14. The molecule has 4 aromatic rings. The SMILES string of the molecule is COc1ccc(Cl)cc1S(=O)(=O)Nc1ccc(Nc2cc(C)nc(Nc3ccc(C)cc3)n2)cc1. The molecule has 0 atom stereocenters. The summed E-state index contributed by atoms with van der Waals surface area (Å²) in [4.78, 5) is 8.92. The lowest BCUT2D eigenvalue weighted by atomic mass is 10.2. The van der Waals surface area contributed by atoms with Crippen molar-refractivity contribution in [2.75, 3.05) is 22.5 Å². The Morgan fingerprint density at radius 3 is 2.11 bits per heavy atom. The van der Waals surface area contributed by atoms with Gasteiger partial charge in [0.25, 0.3) is 10.0 Å². The normalized spacial score (nSPS) is 11.1. The highest BCUT2D eigenvalue weighted by molar-refractivity contribution is 7.92. The molecule has 8 nitrogen and oxygen atoms in total. The van der Waals surface area contributed by atoms with E-state index in [1.807, 2.05) is 44.2 Å². The molecule has 0 aliphatic rings. The van der Waals surface area contributed by atoms with E-state index in [1.54, 1.807) is 30.3 Å². The Morgan fingerprint density at radius 2 is 1.43 bits per heavy atom. The molecule has 0 aliphatic carbocycles. The number of methoxy groups -OCH3 is 1. The number of aromatic nitrogens is 2. The average Bonchev–Trinajstić information content (AvgIpc) is 2.81. The number of sulfonamides is 1. The molecule has 0 saturated carbocycles. The summed E-state index contributed by atoms with van der Waals surface area (Å²) in [6.45, 7) is 3.91. The zero-order valence-corrected chi connectivity index (χ0v) is 20.9. The fourth-order valence-corrected chi connectivity index (χ4v) is 4.79. The Balaban J connectivity index is 1.48. The van der Waals surface area contributed by atoms with Gasteiger partial charge < -0.3 is 15.4 Å². The van der Waals surface area contributed by atoms with Crippen LogP contribution >= 0.6 is 11.6 Å². The van der Waals surface area contributed by atoms with E-state index in [4.69, 9.17) is 16.3 Å². The third-order valence-corrected chi connectivity index (χ3v) is 6.62. The Bertz CT molecular complexity index is 1440. The second-order valence-electron chi connectivity index (χ2n) is 7.81. The number of benzene rings is 3. The first-order valence-corrected chi connectivity index (χ1v) is 12.5. The lowest BCUT2D eigenvalue weighted by molar-refractivity contribution is 0.403. The third kappa shape index (κ3) is 6.20. The van der Waals surface area contributed by atoms with E-state index in [2.05, 4.69) is 25.3 Å². The Labute approximate surface area is 209 Å². The van der Waals surface area contributed by atoms with E-state index in [0.29, 0.717) is 22.5 Å². The molecule has 1 aromatic heterocycles. The topological polar surface area (TPSA) is 105 Å². The molecule has 0 fully saturated rings. The number of rotatable bonds is 8. The first-order valence-electron chi connectivity index (χ1n) is 10.6. The van der Waals surface area contributed by atoms with Gasteiger partial charge in [-0.05, 0) is 68.4 Å². The van der Waals surface area contributed by atoms with Crippen LogP contribution in [0.1, 0.15) is 11.3 Å². The number of nitrogens with one attached hydrogen (secondary N) is 3. The molecular weight excluding hydrogens is 486 g/mol. The molecule has 180 valence electrons. The van der Waals surface area contributed by atoms with Crippen molar-refractivity contribution in [3.8, 4) is 5.75 Å². The van der Waals surface area contributed by atoms with Gasteiger partial charge in [0, 0.05) is 33.8 Å². The van der Waals surface area contributed by atoms with Crippen LogP contribution in [0.15, 0.2) is 77.7 Å². The van der Waals surface area contributed by atoms with Crippen molar-refractivity contribution in [1.29, 1.82) is 0 Å². The van der Waals surface area contributed by atoms with Gasteiger partial charge in [-0.3, -0.25) is 4.72 Å². The van der Waals surface area contributed by atoms with Crippen LogP contribution in [0.3, 0.4) is 0 Å². The van der Waals surface area contributed by atoms with Crippen LogP contribution in [0, 0.1) is 13.8 Å². The number of hydrogen-bond acceptors (Lipinski definition) is 7. The molecule has 0 unspecified atom stereocenters. The van der Waals surface area contributed by atoms with Crippen LogP contribution < -0.4 is 20.1 Å². The molecule has 3 N–H and O–H groups in total. The molecular formula is C25H24ClN5O3S. The van der Waals surface area contributed by atoms with Crippen molar-refractivity contribution < 1.29 is 13.2 Å². The summed E-state index contributed by atoms with van der Waals surface area (Å²) in [5.74, 6) is 1.27. The van der Waals surface area contributed by atoms with E-state index in [9.17, 15) is 8.42 Å². The maximum absolute atomic E-state index is 12.9. The first kappa shape index (κ1) is 24.3. The van der Waals surface area contributed by atoms with Crippen LogP contribution in [0.2, 0.25) is 5.02 Å². The van der Waals surface area contributed by atoms with Crippen LogP contribution in [0.25, 0.3) is 0 Å². The van der Waals surface area contributed by atoms with E-state index in [1.165, 1.54) is 24.8 Å². The third-order valence-electron chi connectivity index (χ3n) is 4.99. The predicted octanol–water partition coefficient (Wildman–Crippen LogP) is 6.04. The Kier molecular flexibility index (Phi) is 7.09. The molecule has 4 rings (SSSR count). The summed E-state index contributed by atoms with van der Waals surface area (Å²) < 4.78 is 33.4. The second kappa shape index (κ2) is 10.2. The first-order chi connectivity index (χ1) is 16.7. The number of nitrogens with zero attached hydrogens (tertiary/aromatic N) is 2. The molecule has 0 spiro atoms. The molecule has 10 heteroatoms. The molecule has 0 saturated heterocycles. The van der Waals surface area contributed by atoms with Crippen molar-refractivity contribution in [3.63, 3.8) is 0 Å². The van der Waals surface area contributed by atoms with Crippen molar-refractivity contribution in [2.45, 2.75) is 18.7 Å². The van der Waals surface area contributed by atoms with Crippen LogP contribution in [-0.4, -0.2) is 25.5 Å². The zero-order chi connectivity index (χ0) is 25.0. The van der Waals surface area contributed by atoms with E-state index in [0.717, 1.165) is 17.1 Å². The Hall–Kier alpha value is -3.82. The monoisotopic (exact) mass is 509 g/mol. The fraction of sp³-hybridized carbons (Fsp3) is 0.120. The van der Waals surface area contributed by atoms with Crippen molar-refractivity contribution in [1.82, 2.24) is 9.97 Å². The van der Waals surface area contributed by atoms with Gasteiger partial charge in [0.2, 0.25) is 5.95 Å². The van der Waals surface area contributed by atoms with Gasteiger partial charge in [0.15, 0.2) is 0 Å². The van der Waals surface area contributed by atoms with Gasteiger partial charge >= 0.3 is 0 Å². The minimum atomic E-state index is -3.90. The number of anilines is 5. The van der Waals surface area contributed by atoms with Gasteiger partial charge in [0.05, 0.1) is 7.11 Å². The largest absolute Gasteiger partial charge is 0.495 e. The zero-order valence-electron chi connectivity index (χ0n) is 19.3. The van der Waals surface area contributed by atoms with Crippen LogP contribution in [-0.2, 0) is 10.0 Å². The predicted molar refractivity (Wildman–Crippen MR) is 140 cm³/mol.